The number of aromatic nitrogens is 1. The lowest BCUT2D eigenvalue weighted by molar-refractivity contribution is -0.139. The molecule has 5 heteroatoms. The Morgan fingerprint density at radius 1 is 1.23 bits per heavy atom. The molecule has 1 unspecified atom stereocenters. The van der Waals surface area contributed by atoms with Gasteiger partial charge >= 0.3 is 5.97 Å². The average molecular weight is 433 g/mol. The van der Waals surface area contributed by atoms with E-state index in [2.05, 4.69) is 20.9 Å². The molecule has 3 nitrogen and oxygen atoms in total. The first-order valence-corrected chi connectivity index (χ1v) is 9.68. The van der Waals surface area contributed by atoms with E-state index >= 15 is 0 Å². The Balaban J connectivity index is 2.42. The summed E-state index contributed by atoms with van der Waals surface area (Å²) in [6.45, 7) is 3.88. The van der Waals surface area contributed by atoms with Crippen molar-refractivity contribution in [2.45, 2.75) is 32.6 Å². The van der Waals surface area contributed by atoms with Crippen LogP contribution in [0.1, 0.15) is 36.9 Å². The van der Waals surface area contributed by atoms with Crippen LogP contribution in [0.4, 0.5) is 0 Å². The van der Waals surface area contributed by atoms with E-state index in [0.717, 1.165) is 44.2 Å². The normalized spacial score (nSPS) is 12.3. The molecule has 3 rings (SSSR count). The second-order valence-corrected chi connectivity index (χ2v) is 7.69. The number of aliphatic carboxylic acids is 1. The largest absolute Gasteiger partial charge is 0.481 e. The molecule has 1 N–H and O–H groups in total. The number of hydrogen-bond acceptors (Lipinski definition) is 2. The molecular weight excluding hydrogens is 414 g/mol. The van der Waals surface area contributed by atoms with E-state index in [9.17, 15) is 9.90 Å². The quantitative estimate of drug-likeness (QED) is 0.494. The van der Waals surface area contributed by atoms with E-state index in [4.69, 9.17) is 11.6 Å². The second-order valence-electron chi connectivity index (χ2n) is 6.33. The lowest BCUT2D eigenvalue weighted by Gasteiger charge is -2.21. The van der Waals surface area contributed by atoms with E-state index in [0.29, 0.717) is 11.4 Å². The molecular formula is C21H19BrClNO2. The Kier molecular flexibility index (Phi) is 5.64. The van der Waals surface area contributed by atoms with Gasteiger partial charge in [0.25, 0.3) is 0 Å². The molecule has 0 aliphatic heterocycles. The number of carboxylic acid groups (broad SMARTS) is 1. The third kappa shape index (κ3) is 3.62. The molecule has 1 atom stereocenters. The zero-order valence-electron chi connectivity index (χ0n) is 14.6. The number of carboxylic acids is 1. The molecule has 1 aromatic heterocycles. The first-order chi connectivity index (χ1) is 12.4. The van der Waals surface area contributed by atoms with Crippen LogP contribution in [0, 0.1) is 6.92 Å². The molecule has 1 heterocycles. The van der Waals surface area contributed by atoms with Gasteiger partial charge in [0.2, 0.25) is 0 Å². The van der Waals surface area contributed by atoms with E-state index in [-0.39, 0.29) is 0 Å². The SMILES string of the molecule is CCCC(C(=O)O)c1c(C)nc2ccc(Cl)cc2c1-c1ccc(Br)cc1. The van der Waals surface area contributed by atoms with Crippen LogP contribution in [0.3, 0.4) is 0 Å². The number of benzene rings is 2. The van der Waals surface area contributed by atoms with Crippen LogP contribution < -0.4 is 0 Å². The van der Waals surface area contributed by atoms with Crippen molar-refractivity contribution in [2.24, 2.45) is 0 Å². The van der Waals surface area contributed by atoms with Crippen molar-refractivity contribution < 1.29 is 9.90 Å². The fourth-order valence-electron chi connectivity index (χ4n) is 3.41. The van der Waals surface area contributed by atoms with Crippen molar-refractivity contribution in [1.29, 1.82) is 0 Å². The van der Waals surface area contributed by atoms with Crippen molar-refractivity contribution in [3.05, 3.63) is 63.2 Å². The maximum absolute atomic E-state index is 12.0. The van der Waals surface area contributed by atoms with Gasteiger partial charge in [-0.3, -0.25) is 9.78 Å². The molecule has 0 aliphatic carbocycles. The van der Waals surface area contributed by atoms with Gasteiger partial charge in [0.05, 0.1) is 11.4 Å². The van der Waals surface area contributed by atoms with E-state index in [1.807, 2.05) is 56.3 Å². The van der Waals surface area contributed by atoms with Gasteiger partial charge < -0.3 is 5.11 Å². The van der Waals surface area contributed by atoms with E-state index < -0.39 is 11.9 Å². The minimum absolute atomic E-state index is 0.563. The smallest absolute Gasteiger partial charge is 0.311 e. The summed E-state index contributed by atoms with van der Waals surface area (Å²) in [4.78, 5) is 16.7. The van der Waals surface area contributed by atoms with Gasteiger partial charge in [-0.25, -0.2) is 0 Å². The number of carbonyl (C=O) groups is 1. The third-order valence-corrected chi connectivity index (χ3v) is 5.30. The van der Waals surface area contributed by atoms with Crippen molar-refractivity contribution >= 4 is 44.4 Å². The highest BCUT2D eigenvalue weighted by Crippen LogP contribution is 2.40. The van der Waals surface area contributed by atoms with E-state index in [1.54, 1.807) is 0 Å². The standard InChI is InChI=1S/C21H19BrClNO2/c1-3-4-16(21(25)26)19-12(2)24-18-10-9-15(23)11-17(18)20(19)13-5-7-14(22)8-6-13/h5-11,16H,3-4H2,1-2H3,(H,25,26). The maximum atomic E-state index is 12.0. The van der Waals surface area contributed by atoms with Gasteiger partial charge in [0.15, 0.2) is 0 Å². The molecule has 26 heavy (non-hydrogen) atoms. The van der Waals surface area contributed by atoms with Crippen molar-refractivity contribution in [3.63, 3.8) is 0 Å². The Labute approximate surface area is 166 Å². The van der Waals surface area contributed by atoms with Gasteiger partial charge in [-0.15, -0.1) is 0 Å². The summed E-state index contributed by atoms with van der Waals surface area (Å²) < 4.78 is 0.972. The second kappa shape index (κ2) is 7.77. The fraction of sp³-hybridized carbons (Fsp3) is 0.238. The predicted octanol–water partition coefficient (Wildman–Crippen LogP) is 6.59. The monoisotopic (exact) mass is 431 g/mol. The zero-order valence-corrected chi connectivity index (χ0v) is 16.9. The molecule has 0 fully saturated rings. The molecule has 0 saturated heterocycles. The Morgan fingerprint density at radius 2 is 1.92 bits per heavy atom. The highest BCUT2D eigenvalue weighted by Gasteiger charge is 2.27. The average Bonchev–Trinajstić information content (AvgIpc) is 2.60. The van der Waals surface area contributed by atoms with Gasteiger partial charge in [0, 0.05) is 20.6 Å². The summed E-state index contributed by atoms with van der Waals surface area (Å²) >= 11 is 9.71. The van der Waals surface area contributed by atoms with Gasteiger partial charge in [-0.2, -0.15) is 0 Å². The summed E-state index contributed by atoms with van der Waals surface area (Å²) in [5.41, 5.74) is 4.20. The molecule has 0 spiro atoms. The zero-order chi connectivity index (χ0) is 18.8. The van der Waals surface area contributed by atoms with Crippen LogP contribution in [0.2, 0.25) is 5.02 Å². The predicted molar refractivity (Wildman–Crippen MR) is 110 cm³/mol. The molecule has 2 aromatic carbocycles. The lowest BCUT2D eigenvalue weighted by Crippen LogP contribution is -2.15. The molecule has 0 amide bonds. The summed E-state index contributed by atoms with van der Waals surface area (Å²) in [6.07, 6.45) is 1.34. The molecule has 3 aromatic rings. The Morgan fingerprint density at radius 3 is 2.54 bits per heavy atom. The molecule has 0 aliphatic rings. The van der Waals surface area contributed by atoms with Crippen molar-refractivity contribution in [3.8, 4) is 11.1 Å². The first-order valence-electron chi connectivity index (χ1n) is 8.51. The van der Waals surface area contributed by atoms with Crippen molar-refractivity contribution in [1.82, 2.24) is 4.98 Å². The number of aryl methyl sites for hydroxylation is 1. The minimum atomic E-state index is -0.823. The first kappa shape index (κ1) is 18.9. The number of halogens is 2. The minimum Gasteiger partial charge on any atom is -0.481 e. The summed E-state index contributed by atoms with van der Waals surface area (Å²) in [5.74, 6) is -1.42. The molecule has 0 radical (unpaired) electrons. The van der Waals surface area contributed by atoms with Crippen molar-refractivity contribution in [2.75, 3.05) is 0 Å². The summed E-state index contributed by atoms with van der Waals surface area (Å²) in [5, 5.41) is 11.3. The van der Waals surface area contributed by atoms with Gasteiger partial charge in [-0.05, 0) is 60.4 Å². The number of rotatable bonds is 5. The van der Waals surface area contributed by atoms with Crippen LogP contribution in [0.25, 0.3) is 22.0 Å². The van der Waals surface area contributed by atoms with Crippen LogP contribution in [-0.2, 0) is 4.79 Å². The highest BCUT2D eigenvalue weighted by atomic mass is 79.9. The molecule has 0 bridgehead atoms. The van der Waals surface area contributed by atoms with Crippen LogP contribution in [0.15, 0.2) is 46.9 Å². The Hall–Kier alpha value is -1.91. The number of nitrogens with zero attached hydrogens (tertiary/aromatic N) is 1. The van der Waals surface area contributed by atoms with Crippen LogP contribution in [-0.4, -0.2) is 16.1 Å². The topological polar surface area (TPSA) is 50.2 Å². The van der Waals surface area contributed by atoms with Crippen LogP contribution >= 0.6 is 27.5 Å². The third-order valence-electron chi connectivity index (χ3n) is 4.53. The number of fused-ring (bicyclic) bond motifs is 1. The fourth-order valence-corrected chi connectivity index (χ4v) is 3.84. The number of hydrogen-bond donors (Lipinski definition) is 1. The summed E-state index contributed by atoms with van der Waals surface area (Å²) in [6, 6.07) is 13.5. The maximum Gasteiger partial charge on any atom is 0.311 e. The van der Waals surface area contributed by atoms with Crippen LogP contribution in [0.5, 0.6) is 0 Å². The highest BCUT2D eigenvalue weighted by molar-refractivity contribution is 9.10. The number of pyridine rings is 1. The van der Waals surface area contributed by atoms with E-state index in [1.165, 1.54) is 0 Å². The summed E-state index contributed by atoms with van der Waals surface area (Å²) in [7, 11) is 0. The Bertz CT molecular complexity index is 970. The lowest BCUT2D eigenvalue weighted by atomic mass is 9.85. The van der Waals surface area contributed by atoms with Gasteiger partial charge in [-0.1, -0.05) is 53.0 Å². The van der Waals surface area contributed by atoms with Gasteiger partial charge in [0.1, 0.15) is 0 Å². The molecule has 0 saturated carbocycles. The molecule has 134 valence electrons.